The Hall–Kier alpha value is -2.15. The molecule has 0 bridgehead atoms. The first-order valence-corrected chi connectivity index (χ1v) is 6.44. The van der Waals surface area contributed by atoms with Gasteiger partial charge in [0.1, 0.15) is 5.56 Å². The Labute approximate surface area is 115 Å². The number of hydrogen-bond acceptors (Lipinski definition) is 5. The third kappa shape index (κ3) is 2.72. The summed E-state index contributed by atoms with van der Waals surface area (Å²) in [7, 11) is 0. The predicted molar refractivity (Wildman–Crippen MR) is 72.1 cm³/mol. The fourth-order valence-electron chi connectivity index (χ4n) is 2.56. The SMILES string of the molecule is O=C(O)c1cc(N2CCCCC2CO)ccc1[N+](=O)[O-]. The van der Waals surface area contributed by atoms with Crippen LogP contribution in [0.2, 0.25) is 0 Å². The number of piperidine rings is 1. The average molecular weight is 280 g/mol. The Morgan fingerprint density at radius 1 is 1.45 bits per heavy atom. The highest BCUT2D eigenvalue weighted by Gasteiger charge is 2.26. The van der Waals surface area contributed by atoms with E-state index in [2.05, 4.69) is 0 Å². The fourth-order valence-corrected chi connectivity index (χ4v) is 2.56. The monoisotopic (exact) mass is 280 g/mol. The summed E-state index contributed by atoms with van der Waals surface area (Å²) in [6.45, 7) is 0.696. The molecule has 1 heterocycles. The zero-order chi connectivity index (χ0) is 14.7. The summed E-state index contributed by atoms with van der Waals surface area (Å²) in [6.07, 6.45) is 2.80. The Morgan fingerprint density at radius 2 is 2.20 bits per heavy atom. The minimum atomic E-state index is -1.32. The second-order valence-corrected chi connectivity index (χ2v) is 4.79. The van der Waals surface area contributed by atoms with Crippen molar-refractivity contribution in [1.82, 2.24) is 0 Å². The number of nitrogens with zero attached hydrogens (tertiary/aromatic N) is 2. The van der Waals surface area contributed by atoms with Gasteiger partial charge in [-0.2, -0.15) is 0 Å². The number of aromatic carboxylic acids is 1. The van der Waals surface area contributed by atoms with Crippen molar-refractivity contribution >= 4 is 17.3 Å². The molecule has 7 nitrogen and oxygen atoms in total. The van der Waals surface area contributed by atoms with Gasteiger partial charge in [0.25, 0.3) is 5.69 Å². The highest BCUT2D eigenvalue weighted by molar-refractivity contribution is 5.93. The lowest BCUT2D eigenvalue weighted by molar-refractivity contribution is -0.385. The molecule has 1 saturated heterocycles. The van der Waals surface area contributed by atoms with Crippen LogP contribution in [0.3, 0.4) is 0 Å². The summed E-state index contributed by atoms with van der Waals surface area (Å²) in [5.74, 6) is -1.32. The predicted octanol–water partition coefficient (Wildman–Crippen LogP) is 1.64. The van der Waals surface area contributed by atoms with Crippen molar-refractivity contribution in [2.24, 2.45) is 0 Å². The van der Waals surface area contributed by atoms with Gasteiger partial charge in [-0.15, -0.1) is 0 Å². The Kier molecular flexibility index (Phi) is 4.19. The Bertz CT molecular complexity index is 531. The number of hydrogen-bond donors (Lipinski definition) is 2. The maximum Gasteiger partial charge on any atom is 0.342 e. The average Bonchev–Trinajstić information content (AvgIpc) is 2.46. The molecule has 0 saturated carbocycles. The quantitative estimate of drug-likeness (QED) is 0.642. The van der Waals surface area contributed by atoms with Gasteiger partial charge in [0.05, 0.1) is 17.6 Å². The molecule has 20 heavy (non-hydrogen) atoms. The fraction of sp³-hybridized carbons (Fsp3) is 0.462. The van der Waals surface area contributed by atoms with E-state index in [0.29, 0.717) is 12.2 Å². The van der Waals surface area contributed by atoms with Gasteiger partial charge in [-0.1, -0.05) is 0 Å². The van der Waals surface area contributed by atoms with Crippen LogP contribution in [0.1, 0.15) is 29.6 Å². The zero-order valence-electron chi connectivity index (χ0n) is 10.9. The number of nitro benzene ring substituents is 1. The van der Waals surface area contributed by atoms with E-state index >= 15 is 0 Å². The van der Waals surface area contributed by atoms with Crippen molar-refractivity contribution in [2.45, 2.75) is 25.3 Å². The Morgan fingerprint density at radius 3 is 2.80 bits per heavy atom. The van der Waals surface area contributed by atoms with Crippen LogP contribution in [0.15, 0.2) is 18.2 Å². The molecule has 0 radical (unpaired) electrons. The highest BCUT2D eigenvalue weighted by Crippen LogP contribution is 2.29. The minimum Gasteiger partial charge on any atom is -0.477 e. The first-order chi connectivity index (χ1) is 9.54. The van der Waals surface area contributed by atoms with Crippen molar-refractivity contribution in [3.63, 3.8) is 0 Å². The summed E-state index contributed by atoms with van der Waals surface area (Å²) in [4.78, 5) is 23.2. The van der Waals surface area contributed by atoms with Crippen LogP contribution in [0.25, 0.3) is 0 Å². The molecule has 1 aromatic carbocycles. The highest BCUT2D eigenvalue weighted by atomic mass is 16.6. The molecule has 7 heteroatoms. The molecule has 0 aromatic heterocycles. The molecule has 0 amide bonds. The van der Waals surface area contributed by atoms with E-state index in [9.17, 15) is 20.0 Å². The smallest absolute Gasteiger partial charge is 0.342 e. The van der Waals surface area contributed by atoms with Crippen molar-refractivity contribution in [2.75, 3.05) is 18.1 Å². The van der Waals surface area contributed by atoms with E-state index in [1.54, 1.807) is 6.07 Å². The van der Waals surface area contributed by atoms with Crippen LogP contribution >= 0.6 is 0 Å². The zero-order valence-corrected chi connectivity index (χ0v) is 10.9. The largest absolute Gasteiger partial charge is 0.477 e. The van der Waals surface area contributed by atoms with Crippen LogP contribution in [-0.2, 0) is 0 Å². The van der Waals surface area contributed by atoms with Gasteiger partial charge < -0.3 is 15.1 Å². The molecule has 1 atom stereocenters. The molecule has 0 spiro atoms. The molecule has 1 fully saturated rings. The maximum atomic E-state index is 11.1. The molecule has 0 aliphatic carbocycles. The second-order valence-electron chi connectivity index (χ2n) is 4.79. The van der Waals surface area contributed by atoms with E-state index in [1.165, 1.54) is 12.1 Å². The molecule has 1 aliphatic heterocycles. The number of carboxylic acid groups (broad SMARTS) is 1. The molecular formula is C13H16N2O5. The van der Waals surface area contributed by atoms with E-state index in [1.807, 2.05) is 4.90 Å². The van der Waals surface area contributed by atoms with Gasteiger partial charge in [0.15, 0.2) is 0 Å². The van der Waals surface area contributed by atoms with Crippen molar-refractivity contribution in [3.8, 4) is 0 Å². The number of carbonyl (C=O) groups is 1. The van der Waals surface area contributed by atoms with Crippen LogP contribution in [0.5, 0.6) is 0 Å². The summed E-state index contributed by atoms with van der Waals surface area (Å²) in [5, 5.41) is 29.3. The maximum absolute atomic E-state index is 11.1. The van der Waals surface area contributed by atoms with Gasteiger partial charge in [-0.05, 0) is 31.4 Å². The Balaban J connectivity index is 2.39. The second kappa shape index (κ2) is 5.87. The summed E-state index contributed by atoms with van der Waals surface area (Å²) in [6, 6.07) is 4.00. The molecule has 1 unspecified atom stereocenters. The van der Waals surface area contributed by atoms with Gasteiger partial charge in [0, 0.05) is 18.3 Å². The van der Waals surface area contributed by atoms with Gasteiger partial charge in [-0.25, -0.2) is 4.79 Å². The summed E-state index contributed by atoms with van der Waals surface area (Å²) >= 11 is 0. The normalized spacial score (nSPS) is 18.9. The summed E-state index contributed by atoms with van der Waals surface area (Å²) < 4.78 is 0. The topological polar surface area (TPSA) is 104 Å². The van der Waals surface area contributed by atoms with Crippen LogP contribution in [-0.4, -0.2) is 40.3 Å². The lowest BCUT2D eigenvalue weighted by atomic mass is 10.0. The molecular weight excluding hydrogens is 264 g/mol. The molecule has 1 aromatic rings. The minimum absolute atomic E-state index is 0.0145. The number of benzene rings is 1. The van der Waals surface area contributed by atoms with Crippen LogP contribution in [0, 0.1) is 10.1 Å². The van der Waals surface area contributed by atoms with Crippen LogP contribution < -0.4 is 4.90 Å². The van der Waals surface area contributed by atoms with Crippen molar-refractivity contribution in [1.29, 1.82) is 0 Å². The third-order valence-electron chi connectivity index (χ3n) is 3.58. The lowest BCUT2D eigenvalue weighted by Crippen LogP contribution is -2.42. The lowest BCUT2D eigenvalue weighted by Gasteiger charge is -2.36. The van der Waals surface area contributed by atoms with Gasteiger partial charge >= 0.3 is 5.97 Å². The molecule has 1 aliphatic rings. The number of aliphatic hydroxyl groups is 1. The molecule has 2 N–H and O–H groups in total. The standard InChI is InChI=1S/C13H16N2O5/c16-8-10-3-1-2-6-14(10)9-4-5-12(15(19)20)11(7-9)13(17)18/h4-5,7,10,16H,1-3,6,8H2,(H,17,18). The van der Waals surface area contributed by atoms with Crippen LogP contribution in [0.4, 0.5) is 11.4 Å². The number of aliphatic hydroxyl groups excluding tert-OH is 1. The van der Waals surface area contributed by atoms with E-state index in [4.69, 9.17) is 5.11 Å². The van der Waals surface area contributed by atoms with Gasteiger partial charge in [0.2, 0.25) is 0 Å². The van der Waals surface area contributed by atoms with E-state index < -0.39 is 16.6 Å². The van der Waals surface area contributed by atoms with E-state index in [0.717, 1.165) is 19.3 Å². The number of rotatable bonds is 4. The number of carboxylic acids is 1. The van der Waals surface area contributed by atoms with E-state index in [-0.39, 0.29) is 18.2 Å². The first kappa shape index (κ1) is 14.3. The van der Waals surface area contributed by atoms with Crippen molar-refractivity contribution in [3.05, 3.63) is 33.9 Å². The number of anilines is 1. The molecule has 2 rings (SSSR count). The summed E-state index contributed by atoms with van der Waals surface area (Å²) in [5.41, 5.74) is -0.139. The van der Waals surface area contributed by atoms with Crippen molar-refractivity contribution < 1.29 is 19.9 Å². The van der Waals surface area contributed by atoms with Gasteiger partial charge in [-0.3, -0.25) is 10.1 Å². The first-order valence-electron chi connectivity index (χ1n) is 6.44. The number of nitro groups is 1. The third-order valence-corrected chi connectivity index (χ3v) is 3.58. The molecule has 108 valence electrons.